The molecule has 1 aliphatic heterocycles. The number of carbonyl (C=O) groups is 3. The van der Waals surface area contributed by atoms with E-state index in [0.29, 0.717) is 12.2 Å². The van der Waals surface area contributed by atoms with Crippen molar-refractivity contribution < 1.29 is 14.4 Å². The van der Waals surface area contributed by atoms with Gasteiger partial charge in [0.15, 0.2) is 0 Å². The third-order valence-electron chi connectivity index (χ3n) is 4.72. The molecule has 1 heterocycles. The zero-order valence-corrected chi connectivity index (χ0v) is 18.5. The lowest BCUT2D eigenvalue weighted by molar-refractivity contribution is -0.133. The van der Waals surface area contributed by atoms with Gasteiger partial charge in [-0.05, 0) is 36.2 Å². The summed E-state index contributed by atoms with van der Waals surface area (Å²) in [6.45, 7) is 2.09. The predicted octanol–water partition coefficient (Wildman–Crippen LogP) is 3.33. The number of amides is 3. The number of halogens is 1. The number of nitrogens with zero attached hydrogens (tertiary/aromatic N) is 3. The quantitative estimate of drug-likeness (QED) is 0.702. The van der Waals surface area contributed by atoms with Crippen LogP contribution in [0.5, 0.6) is 0 Å². The summed E-state index contributed by atoms with van der Waals surface area (Å²) >= 11 is 3.39. The Labute approximate surface area is 183 Å². The Balaban J connectivity index is 1.63. The summed E-state index contributed by atoms with van der Waals surface area (Å²) < 4.78 is 0.926. The Morgan fingerprint density at radius 3 is 2.60 bits per heavy atom. The van der Waals surface area contributed by atoms with Gasteiger partial charge in [-0.15, -0.1) is 0 Å². The minimum Gasteiger partial charge on any atom is -0.331 e. The van der Waals surface area contributed by atoms with Gasteiger partial charge in [0.2, 0.25) is 11.8 Å². The molecule has 2 aromatic carbocycles. The fraction of sp³-hybridized carbons (Fsp3) is 0.273. The van der Waals surface area contributed by atoms with E-state index in [4.69, 9.17) is 0 Å². The van der Waals surface area contributed by atoms with Crippen molar-refractivity contribution in [1.82, 2.24) is 9.91 Å². The number of hydrogen-bond acceptors (Lipinski definition) is 4. The first-order valence-corrected chi connectivity index (χ1v) is 10.4. The molecular formula is C22H23BrN4O3. The number of hydrogen-bond donors (Lipinski definition) is 1. The van der Waals surface area contributed by atoms with Crippen molar-refractivity contribution in [3.8, 4) is 0 Å². The number of rotatable bonds is 6. The average molecular weight is 471 g/mol. The van der Waals surface area contributed by atoms with Crippen molar-refractivity contribution >= 4 is 45.1 Å². The van der Waals surface area contributed by atoms with Gasteiger partial charge in [0, 0.05) is 30.0 Å². The molecular weight excluding hydrogens is 448 g/mol. The highest BCUT2D eigenvalue weighted by molar-refractivity contribution is 9.10. The van der Waals surface area contributed by atoms with Gasteiger partial charge in [-0.3, -0.25) is 14.4 Å². The highest BCUT2D eigenvalue weighted by Crippen LogP contribution is 2.20. The molecule has 30 heavy (non-hydrogen) atoms. The molecule has 2 aromatic rings. The van der Waals surface area contributed by atoms with Gasteiger partial charge in [0.05, 0.1) is 13.1 Å². The van der Waals surface area contributed by atoms with Gasteiger partial charge in [0.25, 0.3) is 5.91 Å². The standard InChI is InChI=1S/C22H23BrN4O3/c1-15-12-17(23)8-9-18(15)24-20(28)14-26(2)22(30)19-10-11-21(29)27(25-19)13-16-6-4-3-5-7-16/h3-9,12H,10-11,13-14H2,1-2H3,(H,24,28). The van der Waals surface area contributed by atoms with Crippen LogP contribution in [-0.4, -0.2) is 46.9 Å². The smallest absolute Gasteiger partial charge is 0.270 e. The van der Waals surface area contributed by atoms with Crippen LogP contribution in [0.3, 0.4) is 0 Å². The van der Waals surface area contributed by atoms with E-state index in [1.807, 2.05) is 49.4 Å². The third-order valence-corrected chi connectivity index (χ3v) is 5.21. The Morgan fingerprint density at radius 1 is 1.17 bits per heavy atom. The summed E-state index contributed by atoms with van der Waals surface area (Å²) in [5, 5.41) is 8.41. The molecule has 0 saturated heterocycles. The summed E-state index contributed by atoms with van der Waals surface area (Å²) in [4.78, 5) is 38.7. The maximum atomic E-state index is 12.8. The lowest BCUT2D eigenvalue weighted by Crippen LogP contribution is -2.42. The van der Waals surface area contributed by atoms with E-state index in [1.54, 1.807) is 13.1 Å². The zero-order chi connectivity index (χ0) is 21.7. The Kier molecular flexibility index (Phi) is 6.99. The second-order valence-electron chi connectivity index (χ2n) is 7.15. The first-order valence-electron chi connectivity index (χ1n) is 9.56. The van der Waals surface area contributed by atoms with Crippen molar-refractivity contribution in [1.29, 1.82) is 0 Å². The molecule has 3 rings (SSSR count). The van der Waals surface area contributed by atoms with E-state index < -0.39 is 0 Å². The summed E-state index contributed by atoms with van der Waals surface area (Å²) in [7, 11) is 1.55. The maximum Gasteiger partial charge on any atom is 0.270 e. The van der Waals surface area contributed by atoms with E-state index in [-0.39, 0.29) is 42.8 Å². The van der Waals surface area contributed by atoms with Gasteiger partial charge >= 0.3 is 0 Å². The Bertz CT molecular complexity index is 991. The van der Waals surface area contributed by atoms with E-state index in [1.165, 1.54) is 9.91 Å². The first-order chi connectivity index (χ1) is 14.3. The van der Waals surface area contributed by atoms with Crippen molar-refractivity contribution in [2.45, 2.75) is 26.3 Å². The highest BCUT2D eigenvalue weighted by atomic mass is 79.9. The van der Waals surface area contributed by atoms with Crippen LogP contribution < -0.4 is 5.32 Å². The molecule has 7 nitrogen and oxygen atoms in total. The lowest BCUT2D eigenvalue weighted by atomic mass is 10.1. The highest BCUT2D eigenvalue weighted by Gasteiger charge is 2.27. The average Bonchev–Trinajstić information content (AvgIpc) is 2.72. The summed E-state index contributed by atoms with van der Waals surface area (Å²) in [6, 6.07) is 15.0. The Hall–Kier alpha value is -3.00. The maximum absolute atomic E-state index is 12.8. The fourth-order valence-electron chi connectivity index (χ4n) is 3.10. The van der Waals surface area contributed by atoms with Gasteiger partial charge in [-0.25, -0.2) is 5.01 Å². The summed E-state index contributed by atoms with van der Waals surface area (Å²) in [6.07, 6.45) is 0.482. The molecule has 156 valence electrons. The van der Waals surface area contributed by atoms with Crippen LogP contribution >= 0.6 is 15.9 Å². The molecule has 3 amide bonds. The van der Waals surface area contributed by atoms with Crippen LogP contribution in [0.2, 0.25) is 0 Å². The molecule has 1 aliphatic rings. The van der Waals surface area contributed by atoms with Crippen molar-refractivity contribution in [3.63, 3.8) is 0 Å². The number of nitrogens with one attached hydrogen (secondary N) is 1. The monoisotopic (exact) mass is 470 g/mol. The predicted molar refractivity (Wildman–Crippen MR) is 119 cm³/mol. The number of likely N-dealkylation sites (N-methyl/N-ethyl adjacent to an activating group) is 1. The fourth-order valence-corrected chi connectivity index (χ4v) is 3.58. The van der Waals surface area contributed by atoms with Crippen LogP contribution in [0.15, 0.2) is 58.1 Å². The second-order valence-corrected chi connectivity index (χ2v) is 8.07. The summed E-state index contributed by atoms with van der Waals surface area (Å²) in [5.41, 5.74) is 2.82. The number of aryl methyl sites for hydroxylation is 1. The lowest BCUT2D eigenvalue weighted by Gasteiger charge is -2.25. The van der Waals surface area contributed by atoms with E-state index in [0.717, 1.165) is 15.6 Å². The van der Waals surface area contributed by atoms with Gasteiger partial charge in [-0.2, -0.15) is 5.10 Å². The number of carbonyl (C=O) groups excluding carboxylic acids is 3. The molecule has 0 aliphatic carbocycles. The topological polar surface area (TPSA) is 82.1 Å². The molecule has 0 saturated carbocycles. The minimum atomic E-state index is -0.358. The minimum absolute atomic E-state index is 0.111. The van der Waals surface area contributed by atoms with Crippen molar-refractivity contribution in [3.05, 3.63) is 64.1 Å². The molecule has 0 aromatic heterocycles. The van der Waals surface area contributed by atoms with Crippen molar-refractivity contribution in [2.24, 2.45) is 5.10 Å². The van der Waals surface area contributed by atoms with Crippen molar-refractivity contribution in [2.75, 3.05) is 18.9 Å². The molecule has 0 spiro atoms. The van der Waals surface area contributed by atoms with Crippen LogP contribution in [0.25, 0.3) is 0 Å². The molecule has 1 N–H and O–H groups in total. The van der Waals surface area contributed by atoms with Crippen LogP contribution in [0.4, 0.5) is 5.69 Å². The second kappa shape index (κ2) is 9.67. The van der Waals surface area contributed by atoms with Gasteiger partial charge < -0.3 is 10.2 Å². The largest absolute Gasteiger partial charge is 0.331 e. The van der Waals surface area contributed by atoms with E-state index in [9.17, 15) is 14.4 Å². The molecule has 0 unspecified atom stereocenters. The van der Waals surface area contributed by atoms with Gasteiger partial charge in [-0.1, -0.05) is 46.3 Å². The van der Waals surface area contributed by atoms with E-state index in [2.05, 4.69) is 26.3 Å². The molecule has 0 radical (unpaired) electrons. The van der Waals surface area contributed by atoms with E-state index >= 15 is 0 Å². The van der Waals surface area contributed by atoms with Crippen LogP contribution in [0, 0.1) is 6.92 Å². The summed E-state index contributed by atoms with van der Waals surface area (Å²) in [5.74, 6) is -0.783. The van der Waals surface area contributed by atoms with Crippen LogP contribution in [-0.2, 0) is 20.9 Å². The first kappa shape index (κ1) is 21.7. The number of anilines is 1. The molecule has 0 fully saturated rings. The molecule has 0 atom stereocenters. The van der Waals surface area contributed by atoms with Gasteiger partial charge in [0.1, 0.15) is 5.71 Å². The number of benzene rings is 2. The normalized spacial score (nSPS) is 13.6. The molecule has 8 heteroatoms. The van der Waals surface area contributed by atoms with Crippen LogP contribution in [0.1, 0.15) is 24.0 Å². The zero-order valence-electron chi connectivity index (χ0n) is 16.9. The molecule has 0 bridgehead atoms. The SMILES string of the molecule is Cc1cc(Br)ccc1NC(=O)CN(C)C(=O)C1=NN(Cc2ccccc2)C(=O)CC1. The third kappa shape index (κ3) is 5.54. The Morgan fingerprint density at radius 2 is 1.90 bits per heavy atom. The number of hydrazone groups is 1.